The Bertz CT molecular complexity index is 477. The molecule has 0 N–H and O–H groups in total. The lowest BCUT2D eigenvalue weighted by atomic mass is 10.1. The minimum atomic E-state index is -1.23. The van der Waals surface area contributed by atoms with E-state index in [0.717, 1.165) is 5.92 Å². The van der Waals surface area contributed by atoms with Gasteiger partial charge in [-0.15, -0.1) is 0 Å². The highest BCUT2D eigenvalue weighted by Crippen LogP contribution is 2.53. The second kappa shape index (κ2) is 7.76. The Labute approximate surface area is 130 Å². The molecule has 0 aliphatic rings. The second-order valence-electron chi connectivity index (χ2n) is 6.48. The molecule has 112 valence electrons. The van der Waals surface area contributed by atoms with Gasteiger partial charge in [0.15, 0.2) is 0 Å². The number of hydrogen-bond acceptors (Lipinski definition) is 0. The van der Waals surface area contributed by atoms with Crippen molar-refractivity contribution in [2.75, 3.05) is 12.8 Å². The van der Waals surface area contributed by atoms with Gasteiger partial charge in [-0.1, -0.05) is 56.7 Å². The van der Waals surface area contributed by atoms with Gasteiger partial charge in [0.05, 0.1) is 30.7 Å². The van der Waals surface area contributed by atoms with Crippen molar-refractivity contribution < 1.29 is 0 Å². The molecular weight excluding hydrogens is 271 g/mol. The lowest BCUT2D eigenvalue weighted by Crippen LogP contribution is -2.23. The van der Waals surface area contributed by atoms with Crippen molar-refractivity contribution >= 4 is 17.9 Å². The van der Waals surface area contributed by atoms with Gasteiger partial charge < -0.3 is 0 Å². The summed E-state index contributed by atoms with van der Waals surface area (Å²) >= 11 is 0. The van der Waals surface area contributed by atoms with Crippen molar-refractivity contribution in [3.8, 4) is 0 Å². The summed E-state index contributed by atoms with van der Waals surface area (Å²) in [6.45, 7) is 7.15. The number of hydrogen-bond donors (Lipinski definition) is 0. The largest absolute Gasteiger partial charge is 0.0988 e. The van der Waals surface area contributed by atoms with Crippen LogP contribution in [0, 0.1) is 5.92 Å². The fourth-order valence-corrected chi connectivity index (χ4v) is 6.23. The summed E-state index contributed by atoms with van der Waals surface area (Å²) in [5.74, 6) is 0.822. The van der Waals surface area contributed by atoms with Crippen molar-refractivity contribution in [1.82, 2.24) is 0 Å². The van der Waals surface area contributed by atoms with Crippen LogP contribution in [0.25, 0.3) is 0 Å². The predicted octanol–water partition coefficient (Wildman–Crippen LogP) is 5.11. The van der Waals surface area contributed by atoms with Crippen LogP contribution in [0.5, 0.6) is 0 Å². The Kier molecular flexibility index (Phi) is 6.00. The van der Waals surface area contributed by atoms with E-state index in [4.69, 9.17) is 0 Å². The van der Waals surface area contributed by atoms with E-state index >= 15 is 0 Å². The average molecular weight is 299 g/mol. The van der Waals surface area contributed by atoms with E-state index < -0.39 is 7.26 Å². The Morgan fingerprint density at radius 3 is 1.67 bits per heavy atom. The number of rotatable bonds is 7. The van der Waals surface area contributed by atoms with Crippen LogP contribution in [-0.2, 0) is 0 Å². The van der Waals surface area contributed by atoms with Crippen LogP contribution in [0.4, 0.5) is 0 Å². The van der Waals surface area contributed by atoms with Crippen molar-refractivity contribution in [3.05, 3.63) is 60.7 Å². The summed E-state index contributed by atoms with van der Waals surface area (Å²) in [5.41, 5.74) is 0. The molecule has 0 spiro atoms. The summed E-state index contributed by atoms with van der Waals surface area (Å²) in [5, 5.41) is 3.08. The van der Waals surface area contributed by atoms with Crippen LogP contribution < -0.4 is 10.6 Å². The van der Waals surface area contributed by atoms with Crippen molar-refractivity contribution in [2.24, 2.45) is 5.92 Å². The highest BCUT2D eigenvalue weighted by Gasteiger charge is 2.36. The minimum Gasteiger partial charge on any atom is -0.0628 e. The minimum absolute atomic E-state index is 0.822. The molecule has 0 aliphatic carbocycles. The molecule has 0 amide bonds. The summed E-state index contributed by atoms with van der Waals surface area (Å²) in [6.07, 6.45) is 5.37. The molecule has 2 aromatic carbocycles. The SMILES string of the molecule is CC(C)CCCC[P+](C)(c1ccccc1)c1ccccc1. The highest BCUT2D eigenvalue weighted by atomic mass is 31.2. The molecule has 0 nitrogen and oxygen atoms in total. The van der Waals surface area contributed by atoms with Crippen LogP contribution in [-0.4, -0.2) is 12.8 Å². The molecule has 0 saturated heterocycles. The topological polar surface area (TPSA) is 0 Å². The van der Waals surface area contributed by atoms with Gasteiger partial charge in [-0.25, -0.2) is 0 Å². The molecule has 0 aromatic heterocycles. The van der Waals surface area contributed by atoms with E-state index in [9.17, 15) is 0 Å². The lowest BCUT2D eigenvalue weighted by Gasteiger charge is -2.23. The first-order valence-electron chi connectivity index (χ1n) is 8.09. The maximum atomic E-state index is 2.51. The van der Waals surface area contributed by atoms with Crippen molar-refractivity contribution in [1.29, 1.82) is 0 Å². The molecule has 1 heteroatoms. The number of benzene rings is 2. The standard InChI is InChI=1S/C20H28P/c1-18(2)12-10-11-17-21(3,19-13-6-4-7-14-19)20-15-8-5-9-16-20/h4-9,13-16,18H,10-12,17H2,1-3H3/q+1. The van der Waals surface area contributed by atoms with E-state index in [2.05, 4.69) is 81.2 Å². The van der Waals surface area contributed by atoms with Gasteiger partial charge in [0.2, 0.25) is 0 Å². The molecule has 21 heavy (non-hydrogen) atoms. The van der Waals surface area contributed by atoms with Crippen LogP contribution in [0.2, 0.25) is 0 Å². The second-order valence-corrected chi connectivity index (χ2v) is 10.3. The maximum absolute atomic E-state index is 2.51. The van der Waals surface area contributed by atoms with Gasteiger partial charge >= 0.3 is 0 Å². The molecule has 0 heterocycles. The van der Waals surface area contributed by atoms with Crippen molar-refractivity contribution in [2.45, 2.75) is 33.1 Å². The van der Waals surface area contributed by atoms with E-state index in [1.54, 1.807) is 10.6 Å². The zero-order valence-corrected chi connectivity index (χ0v) is 14.5. The van der Waals surface area contributed by atoms with Crippen LogP contribution in [0.3, 0.4) is 0 Å². The third kappa shape index (κ3) is 4.42. The van der Waals surface area contributed by atoms with Crippen LogP contribution in [0.1, 0.15) is 33.1 Å². The zero-order valence-electron chi connectivity index (χ0n) is 13.6. The van der Waals surface area contributed by atoms with E-state index in [-0.39, 0.29) is 0 Å². The molecule has 0 unspecified atom stereocenters. The van der Waals surface area contributed by atoms with Gasteiger partial charge in [0.25, 0.3) is 0 Å². The van der Waals surface area contributed by atoms with Gasteiger partial charge in [-0.2, -0.15) is 0 Å². The average Bonchev–Trinajstić information content (AvgIpc) is 2.53. The van der Waals surface area contributed by atoms with E-state index in [0.29, 0.717) is 0 Å². The highest BCUT2D eigenvalue weighted by molar-refractivity contribution is 7.88. The van der Waals surface area contributed by atoms with Gasteiger partial charge in [0.1, 0.15) is 0 Å². The molecule has 0 aliphatic heterocycles. The molecule has 0 radical (unpaired) electrons. The summed E-state index contributed by atoms with van der Waals surface area (Å²) in [7, 11) is -1.23. The first kappa shape index (κ1) is 16.2. The molecule has 2 rings (SSSR count). The molecule has 0 fully saturated rings. The normalized spacial score (nSPS) is 11.8. The fourth-order valence-electron chi connectivity index (χ4n) is 2.90. The third-order valence-electron chi connectivity index (χ3n) is 4.29. The Balaban J connectivity index is 2.19. The van der Waals surface area contributed by atoms with Gasteiger partial charge in [0, 0.05) is 0 Å². The van der Waals surface area contributed by atoms with E-state index in [1.807, 2.05) is 0 Å². The Morgan fingerprint density at radius 2 is 1.24 bits per heavy atom. The third-order valence-corrected chi connectivity index (χ3v) is 8.38. The van der Waals surface area contributed by atoms with E-state index in [1.165, 1.54) is 25.4 Å². The Morgan fingerprint density at radius 1 is 0.762 bits per heavy atom. The van der Waals surface area contributed by atoms with Gasteiger partial charge in [-0.05, 0) is 43.0 Å². The molecule has 0 saturated carbocycles. The summed E-state index contributed by atoms with van der Waals surface area (Å²) in [6, 6.07) is 22.3. The predicted molar refractivity (Wildman–Crippen MR) is 98.6 cm³/mol. The monoisotopic (exact) mass is 299 g/mol. The van der Waals surface area contributed by atoms with Crippen molar-refractivity contribution in [3.63, 3.8) is 0 Å². The smallest absolute Gasteiger partial charge is 0.0628 e. The summed E-state index contributed by atoms with van der Waals surface area (Å²) in [4.78, 5) is 0. The molecular formula is C20H28P+. The van der Waals surface area contributed by atoms with Crippen LogP contribution >= 0.6 is 7.26 Å². The Hall–Kier alpha value is -1.13. The lowest BCUT2D eigenvalue weighted by molar-refractivity contribution is 0.551. The first-order chi connectivity index (χ1) is 10.1. The quantitative estimate of drug-likeness (QED) is 0.492. The summed E-state index contributed by atoms with van der Waals surface area (Å²) < 4.78 is 0. The first-order valence-corrected chi connectivity index (χ1v) is 10.5. The molecule has 0 atom stereocenters. The molecule has 2 aromatic rings. The van der Waals surface area contributed by atoms with Gasteiger partial charge in [-0.3, -0.25) is 0 Å². The fraction of sp³-hybridized carbons (Fsp3) is 0.400. The zero-order chi connectivity index (χ0) is 15.1. The maximum Gasteiger partial charge on any atom is 0.0988 e. The number of unbranched alkanes of at least 4 members (excludes halogenated alkanes) is 1. The molecule has 0 bridgehead atoms. The van der Waals surface area contributed by atoms with Crippen LogP contribution in [0.15, 0.2) is 60.7 Å².